The average molecular weight is 716 g/mol. The van der Waals surface area contributed by atoms with Crippen LogP contribution in [0.4, 0.5) is 38.0 Å². The van der Waals surface area contributed by atoms with Gasteiger partial charge in [-0.25, -0.2) is 14.2 Å². The van der Waals surface area contributed by atoms with Crippen LogP contribution >= 0.6 is 18.7 Å². The fraction of sp³-hybridized carbons (Fsp3) is 0.514. The van der Waals surface area contributed by atoms with E-state index in [0.29, 0.717) is 47.4 Å². The molecule has 3 heterocycles. The van der Waals surface area contributed by atoms with Gasteiger partial charge in [-0.15, -0.1) is 0 Å². The van der Waals surface area contributed by atoms with Crippen LogP contribution < -0.4 is 25.6 Å². The summed E-state index contributed by atoms with van der Waals surface area (Å²) in [6, 6.07) is 8.72. The Bertz CT molecular complexity index is 1700. The molecule has 0 spiro atoms. The van der Waals surface area contributed by atoms with Gasteiger partial charge in [-0.3, -0.25) is 4.90 Å². The Morgan fingerprint density at radius 2 is 1.73 bits per heavy atom. The molecule has 1 aromatic heterocycles. The molecule has 2 aromatic carbocycles. The molecule has 2 N–H and O–H groups in total. The van der Waals surface area contributed by atoms with Crippen molar-refractivity contribution in [3.8, 4) is 5.75 Å². The Hall–Kier alpha value is -3.60. The van der Waals surface area contributed by atoms with E-state index in [1.165, 1.54) is 24.4 Å². The van der Waals surface area contributed by atoms with Gasteiger partial charge in [-0.1, -0.05) is 18.5 Å². The molecule has 0 radical (unpaired) electrons. The third kappa shape index (κ3) is 9.15. The number of aromatic nitrogens is 2. The molecule has 2 fully saturated rings. The number of carbonyl (C=O) groups is 1. The number of rotatable bonds is 9. The first-order chi connectivity index (χ1) is 23.1. The number of amides is 1. The highest BCUT2D eigenvalue weighted by Gasteiger charge is 2.31. The number of piperazine rings is 1. The molecule has 2 saturated heterocycles. The van der Waals surface area contributed by atoms with Gasteiger partial charge in [0.25, 0.3) is 0 Å². The highest BCUT2D eigenvalue weighted by atomic mass is 35.5. The Balaban J connectivity index is 1.26. The number of halogens is 2. The van der Waals surface area contributed by atoms with E-state index in [4.69, 9.17) is 21.1 Å². The fourth-order valence-electron chi connectivity index (χ4n) is 6.35. The number of piperidine rings is 1. The molecular formula is C35H48ClFN7O4P. The predicted octanol–water partition coefficient (Wildman–Crippen LogP) is 7.10. The van der Waals surface area contributed by atoms with Crippen LogP contribution in [0.2, 0.25) is 5.02 Å². The van der Waals surface area contributed by atoms with Crippen LogP contribution in [-0.2, 0) is 15.7 Å². The minimum Gasteiger partial charge on any atom is -0.494 e. The van der Waals surface area contributed by atoms with Crippen LogP contribution in [0.3, 0.4) is 0 Å². The van der Waals surface area contributed by atoms with E-state index in [1.807, 2.05) is 25.7 Å². The lowest BCUT2D eigenvalue weighted by Crippen LogP contribution is -2.55. The molecule has 2 aliphatic heterocycles. The maximum Gasteiger partial charge on any atom is 0.410 e. The van der Waals surface area contributed by atoms with Crippen molar-refractivity contribution in [3.05, 3.63) is 52.9 Å². The van der Waals surface area contributed by atoms with E-state index in [9.17, 15) is 13.8 Å². The predicted molar refractivity (Wildman–Crippen MR) is 196 cm³/mol. The molecule has 49 heavy (non-hydrogen) atoms. The number of nitrogens with zero attached hydrogens (tertiary/aromatic N) is 5. The Morgan fingerprint density at radius 1 is 1.04 bits per heavy atom. The monoisotopic (exact) mass is 715 g/mol. The number of carbonyl (C=O) groups excluding carboxylic acids is 1. The molecule has 0 unspecified atom stereocenters. The zero-order chi connectivity index (χ0) is 35.5. The van der Waals surface area contributed by atoms with Crippen LogP contribution in [0.5, 0.6) is 5.75 Å². The van der Waals surface area contributed by atoms with E-state index in [-0.39, 0.29) is 17.1 Å². The first-order valence-corrected chi connectivity index (χ1v) is 19.7. The van der Waals surface area contributed by atoms with Crippen molar-refractivity contribution < 1.29 is 23.2 Å². The number of hydrogen-bond donors (Lipinski definition) is 2. The maximum absolute atomic E-state index is 14.0. The zero-order valence-corrected chi connectivity index (χ0v) is 31.1. The van der Waals surface area contributed by atoms with Crippen molar-refractivity contribution in [1.82, 2.24) is 19.8 Å². The molecule has 14 heteroatoms. The van der Waals surface area contributed by atoms with Gasteiger partial charge in [-0.2, -0.15) is 4.98 Å². The molecule has 0 saturated carbocycles. The largest absolute Gasteiger partial charge is 0.494 e. The number of hydrogen-bond acceptors (Lipinski definition) is 10. The molecule has 3 aromatic rings. The van der Waals surface area contributed by atoms with Gasteiger partial charge in [-0.05, 0) is 83.2 Å². The SMILES string of the molecule is CCc1cc(Nc2ncc(Cl)c(Nc3ccc(F)cc3P(C)(C)=O)n2)c(OC)cc1N1CCC(N2CCN(C(=O)OC(C)(C)C)CC2)CC1. The van der Waals surface area contributed by atoms with E-state index in [1.54, 1.807) is 20.4 Å². The lowest BCUT2D eigenvalue weighted by atomic mass is 9.99. The van der Waals surface area contributed by atoms with Crippen molar-refractivity contribution in [2.45, 2.75) is 58.6 Å². The van der Waals surface area contributed by atoms with Crippen LogP contribution in [0.25, 0.3) is 0 Å². The summed E-state index contributed by atoms with van der Waals surface area (Å²) in [5.74, 6) is 0.759. The van der Waals surface area contributed by atoms with Crippen molar-refractivity contribution in [2.75, 3.05) is 75.2 Å². The lowest BCUT2D eigenvalue weighted by Gasteiger charge is -2.43. The standard InChI is InChI=1S/C35H48ClFN7O4P/c1-8-23-19-28(40-33-38-22-26(36)32(41-33)39-27-10-9-24(37)20-31(27)49(6,7)46)30(47-5)21-29(23)43-13-11-25(12-14-43)42-15-17-44(18-16-42)34(45)48-35(2,3)4/h9-10,19-22,25H,8,11-18H2,1-7H3,(H2,38,39,40,41). The number of methoxy groups -OCH3 is 1. The Kier molecular flexibility index (Phi) is 11.3. The number of anilines is 5. The number of benzene rings is 2. The zero-order valence-electron chi connectivity index (χ0n) is 29.5. The summed E-state index contributed by atoms with van der Waals surface area (Å²) >= 11 is 6.45. The Labute approximate surface area is 293 Å². The van der Waals surface area contributed by atoms with E-state index in [2.05, 4.69) is 49.5 Å². The highest BCUT2D eigenvalue weighted by molar-refractivity contribution is 7.70. The van der Waals surface area contributed by atoms with Crippen molar-refractivity contribution >= 4 is 59.0 Å². The molecule has 2 aliphatic rings. The van der Waals surface area contributed by atoms with Gasteiger partial charge in [0.2, 0.25) is 5.95 Å². The van der Waals surface area contributed by atoms with Crippen LogP contribution in [0.1, 0.15) is 46.1 Å². The Morgan fingerprint density at radius 3 is 2.35 bits per heavy atom. The summed E-state index contributed by atoms with van der Waals surface area (Å²) in [5, 5.41) is 7.03. The average Bonchev–Trinajstić information content (AvgIpc) is 3.05. The van der Waals surface area contributed by atoms with Gasteiger partial charge in [0, 0.05) is 62.4 Å². The van der Waals surface area contributed by atoms with E-state index in [0.717, 1.165) is 56.7 Å². The minimum absolute atomic E-state index is 0.231. The van der Waals surface area contributed by atoms with Crippen LogP contribution in [-0.4, -0.2) is 97.2 Å². The van der Waals surface area contributed by atoms with Gasteiger partial charge in [0.05, 0.1) is 24.7 Å². The second-order valence-electron chi connectivity index (χ2n) is 13.9. The first-order valence-electron chi connectivity index (χ1n) is 16.7. The number of ether oxygens (including phenoxy) is 2. The normalized spacial score (nSPS) is 16.4. The maximum atomic E-state index is 14.0. The molecule has 0 atom stereocenters. The van der Waals surface area contributed by atoms with Crippen molar-refractivity contribution in [2.24, 2.45) is 0 Å². The smallest absolute Gasteiger partial charge is 0.410 e. The molecule has 5 rings (SSSR count). The molecule has 0 bridgehead atoms. The quantitative estimate of drug-likeness (QED) is 0.223. The second kappa shape index (κ2) is 15.1. The third-order valence-electron chi connectivity index (χ3n) is 8.85. The minimum atomic E-state index is -2.81. The summed E-state index contributed by atoms with van der Waals surface area (Å²) < 4.78 is 38.3. The number of nitrogens with one attached hydrogen (secondary N) is 2. The summed E-state index contributed by atoms with van der Waals surface area (Å²) in [6.45, 7) is 15.9. The summed E-state index contributed by atoms with van der Waals surface area (Å²) in [6.07, 6.45) is 4.13. The molecule has 0 aliphatic carbocycles. The fourth-order valence-corrected chi connectivity index (χ4v) is 7.63. The lowest BCUT2D eigenvalue weighted by molar-refractivity contribution is 0.00901. The molecule has 1 amide bonds. The third-order valence-corrected chi connectivity index (χ3v) is 10.7. The van der Waals surface area contributed by atoms with Crippen molar-refractivity contribution in [3.63, 3.8) is 0 Å². The van der Waals surface area contributed by atoms with Gasteiger partial charge in [0.1, 0.15) is 29.3 Å². The van der Waals surface area contributed by atoms with Gasteiger partial charge < -0.3 is 34.5 Å². The summed E-state index contributed by atoms with van der Waals surface area (Å²) in [4.78, 5) is 28.2. The van der Waals surface area contributed by atoms with Gasteiger partial charge in [0.15, 0.2) is 5.82 Å². The van der Waals surface area contributed by atoms with E-state index < -0.39 is 18.6 Å². The summed E-state index contributed by atoms with van der Waals surface area (Å²) in [5.41, 5.74) is 2.99. The molecule has 11 nitrogen and oxygen atoms in total. The van der Waals surface area contributed by atoms with Crippen LogP contribution in [0, 0.1) is 5.82 Å². The first kappa shape index (κ1) is 36.7. The van der Waals surface area contributed by atoms with E-state index >= 15 is 0 Å². The second-order valence-corrected chi connectivity index (χ2v) is 17.5. The van der Waals surface area contributed by atoms with Crippen molar-refractivity contribution in [1.29, 1.82) is 0 Å². The highest BCUT2D eigenvalue weighted by Crippen LogP contribution is 2.40. The summed E-state index contributed by atoms with van der Waals surface area (Å²) in [7, 11) is -1.17. The number of aryl methyl sites for hydroxylation is 1. The van der Waals surface area contributed by atoms with Crippen LogP contribution in [0.15, 0.2) is 36.5 Å². The topological polar surface area (TPSA) is 112 Å². The van der Waals surface area contributed by atoms with Gasteiger partial charge >= 0.3 is 6.09 Å². The molecular weight excluding hydrogens is 668 g/mol. The molecule has 266 valence electrons.